The second-order valence-electron chi connectivity index (χ2n) is 24.7. The number of aromatic nitrogens is 1. The monoisotopic (exact) mass is 939 g/mol. The van der Waals surface area contributed by atoms with Gasteiger partial charge in [-0.2, -0.15) is 0 Å². The van der Waals surface area contributed by atoms with E-state index in [9.17, 15) is 0 Å². The molecular weight excluding hydrogens is 878 g/mol. The Morgan fingerprint density at radius 2 is 0.931 bits per heavy atom. The fourth-order valence-corrected chi connectivity index (χ4v) is 11.8. The van der Waals surface area contributed by atoms with Crippen LogP contribution in [0.15, 0.2) is 167 Å². The van der Waals surface area contributed by atoms with Gasteiger partial charge in [0.05, 0.1) is 16.6 Å². The van der Waals surface area contributed by atoms with Crippen LogP contribution in [0.1, 0.15) is 105 Å². The number of anilines is 6. The minimum Gasteiger partial charge on any atom is -0.456 e. The number of furan rings is 2. The van der Waals surface area contributed by atoms with Crippen molar-refractivity contribution in [1.82, 2.24) is 4.57 Å². The summed E-state index contributed by atoms with van der Waals surface area (Å²) < 4.78 is 16.3. The largest absolute Gasteiger partial charge is 0.456 e. The summed E-state index contributed by atoms with van der Waals surface area (Å²) in [4.78, 5) is 5.03. The lowest BCUT2D eigenvalue weighted by atomic mass is 9.33. The molecule has 0 N–H and O–H groups in total. The number of hydrogen-bond acceptors (Lipinski definition) is 4. The zero-order chi connectivity index (χ0) is 50.0. The maximum absolute atomic E-state index is 7.00. The van der Waals surface area contributed by atoms with E-state index in [1.165, 1.54) is 55.5 Å². The highest BCUT2D eigenvalue weighted by Gasteiger charge is 2.45. The molecule has 0 saturated carbocycles. The second-order valence-corrected chi connectivity index (χ2v) is 24.7. The lowest BCUT2D eigenvalue weighted by Crippen LogP contribution is -2.60. The van der Waals surface area contributed by atoms with Gasteiger partial charge in [-0.1, -0.05) is 156 Å². The molecule has 13 rings (SSSR count). The van der Waals surface area contributed by atoms with Crippen molar-refractivity contribution >= 4 is 112 Å². The number of nitrogens with zero attached hydrogens (tertiary/aromatic N) is 3. The number of benzene rings is 8. The molecule has 3 aromatic heterocycles. The third kappa shape index (κ3) is 6.60. The van der Waals surface area contributed by atoms with Crippen molar-refractivity contribution in [2.75, 3.05) is 9.80 Å². The van der Waals surface area contributed by atoms with Crippen LogP contribution in [0.5, 0.6) is 0 Å². The Kier molecular flexibility index (Phi) is 9.30. The molecule has 11 aromatic rings. The number of fused-ring (bicyclic) bond motifs is 12. The van der Waals surface area contributed by atoms with Crippen molar-refractivity contribution in [3.05, 3.63) is 180 Å². The molecule has 2 aliphatic heterocycles. The number of hydrogen-bond donors (Lipinski definition) is 0. The summed E-state index contributed by atoms with van der Waals surface area (Å²) in [6, 6.07) is 59.3. The first kappa shape index (κ1) is 44.5. The lowest BCUT2D eigenvalue weighted by Gasteiger charge is -2.42. The maximum Gasteiger partial charge on any atom is 0.252 e. The van der Waals surface area contributed by atoms with Crippen molar-refractivity contribution in [2.45, 2.75) is 105 Å². The molecule has 72 heavy (non-hydrogen) atoms. The molecule has 0 unspecified atom stereocenters. The van der Waals surface area contributed by atoms with Gasteiger partial charge in [-0.15, -0.1) is 0 Å². The quantitative estimate of drug-likeness (QED) is 0.165. The Morgan fingerprint density at radius 1 is 0.389 bits per heavy atom. The van der Waals surface area contributed by atoms with Gasteiger partial charge in [0.2, 0.25) is 0 Å². The van der Waals surface area contributed by atoms with Gasteiger partial charge in [0, 0.05) is 50.3 Å². The summed E-state index contributed by atoms with van der Waals surface area (Å²) in [5, 5.41) is 4.49. The third-order valence-electron chi connectivity index (χ3n) is 15.8. The van der Waals surface area contributed by atoms with Crippen LogP contribution in [0.3, 0.4) is 0 Å². The zero-order valence-electron chi connectivity index (χ0n) is 43.7. The minimum absolute atomic E-state index is 0.0195. The molecule has 8 aromatic carbocycles. The Labute approximate surface area is 423 Å². The van der Waals surface area contributed by atoms with Crippen LogP contribution in [-0.2, 0) is 21.7 Å². The van der Waals surface area contributed by atoms with Gasteiger partial charge in [-0.05, 0) is 145 Å². The lowest BCUT2D eigenvalue weighted by molar-refractivity contribution is 0.590. The fourth-order valence-electron chi connectivity index (χ4n) is 11.8. The molecule has 0 spiro atoms. The van der Waals surface area contributed by atoms with Crippen LogP contribution >= 0.6 is 0 Å². The first-order valence-electron chi connectivity index (χ1n) is 25.8. The van der Waals surface area contributed by atoms with Crippen LogP contribution in [-0.4, -0.2) is 11.3 Å². The normalized spacial score (nSPS) is 13.8. The summed E-state index contributed by atoms with van der Waals surface area (Å²) in [6.07, 6.45) is 0. The Hall–Kier alpha value is -7.44. The first-order chi connectivity index (χ1) is 34.2. The molecule has 356 valence electrons. The Bertz CT molecular complexity index is 3970. The van der Waals surface area contributed by atoms with E-state index in [1.807, 2.05) is 0 Å². The second kappa shape index (κ2) is 15.1. The molecule has 2 aliphatic rings. The van der Waals surface area contributed by atoms with Gasteiger partial charge >= 0.3 is 0 Å². The molecule has 0 aliphatic carbocycles. The molecule has 0 saturated heterocycles. The average Bonchev–Trinajstić information content (AvgIpc) is 4.01. The predicted octanol–water partition coefficient (Wildman–Crippen LogP) is 16.7. The van der Waals surface area contributed by atoms with Gasteiger partial charge in [0.25, 0.3) is 6.71 Å². The van der Waals surface area contributed by atoms with Crippen molar-refractivity contribution in [3.63, 3.8) is 0 Å². The van der Waals surface area contributed by atoms with Crippen molar-refractivity contribution in [3.8, 4) is 5.69 Å². The SMILES string of the molecule is CC(C)(C)c1ccc(N(c2ccc(C(C)(C)C)cc2)c2ccc3c(c2)N(c2cccc4oc5ccccc5c24)c2cc(C(C)(C)C)cc4c2B3c2cc(C(C)(C)C)cc3c5oc6ccccc6c5n-4c23)cc1. The van der Waals surface area contributed by atoms with Crippen LogP contribution in [0.25, 0.3) is 60.6 Å². The van der Waals surface area contributed by atoms with E-state index in [0.717, 1.165) is 77.8 Å². The van der Waals surface area contributed by atoms with Gasteiger partial charge < -0.3 is 23.2 Å². The molecule has 0 bridgehead atoms. The zero-order valence-corrected chi connectivity index (χ0v) is 43.7. The molecule has 5 heterocycles. The summed E-state index contributed by atoms with van der Waals surface area (Å²) >= 11 is 0. The highest BCUT2D eigenvalue weighted by Crippen LogP contribution is 2.50. The highest BCUT2D eigenvalue weighted by atomic mass is 16.3. The molecule has 0 fully saturated rings. The topological polar surface area (TPSA) is 37.7 Å². The molecule has 0 amide bonds. The van der Waals surface area contributed by atoms with Gasteiger partial charge in [-0.3, -0.25) is 0 Å². The number of rotatable bonds is 4. The van der Waals surface area contributed by atoms with Crippen LogP contribution in [0.2, 0.25) is 0 Å². The van der Waals surface area contributed by atoms with Gasteiger partial charge in [0.1, 0.15) is 22.3 Å². The first-order valence-corrected chi connectivity index (χ1v) is 25.8. The van der Waals surface area contributed by atoms with E-state index in [-0.39, 0.29) is 28.4 Å². The molecule has 0 atom stereocenters. The van der Waals surface area contributed by atoms with E-state index in [0.29, 0.717) is 0 Å². The average molecular weight is 940 g/mol. The summed E-state index contributed by atoms with van der Waals surface area (Å²) in [7, 11) is 0. The summed E-state index contributed by atoms with van der Waals surface area (Å²) in [5.74, 6) is 0. The van der Waals surface area contributed by atoms with Gasteiger partial charge in [-0.25, -0.2) is 0 Å². The van der Waals surface area contributed by atoms with Crippen molar-refractivity contribution in [2.24, 2.45) is 0 Å². The number of para-hydroxylation sites is 2. The van der Waals surface area contributed by atoms with Crippen molar-refractivity contribution < 1.29 is 8.83 Å². The van der Waals surface area contributed by atoms with E-state index in [1.54, 1.807) is 0 Å². The predicted molar refractivity (Wildman–Crippen MR) is 307 cm³/mol. The van der Waals surface area contributed by atoms with Crippen LogP contribution < -0.4 is 26.2 Å². The van der Waals surface area contributed by atoms with E-state index < -0.39 is 0 Å². The smallest absolute Gasteiger partial charge is 0.252 e. The van der Waals surface area contributed by atoms with Crippen LogP contribution in [0.4, 0.5) is 34.1 Å². The molecule has 6 heteroatoms. The van der Waals surface area contributed by atoms with Gasteiger partial charge in [0.15, 0.2) is 5.58 Å². The van der Waals surface area contributed by atoms with Crippen molar-refractivity contribution in [1.29, 1.82) is 0 Å². The standard InChI is InChI=1S/C66H62BN3O2/c1-63(2,3)39-24-28-43(29-25-39)68(44-30-26-40(27-31-44)64(4,5)6)45-32-33-49-52(38-45)69(51-20-17-23-57-58(51)46-18-13-15-21-55(46)71-57)53-36-42(66(10,11)12)37-54-59(53)67(49)50-35-41(65(7,8)9)34-48-60(50)70(54)61-47-19-14-16-22-56(47)72-62(48)61/h13-38H,1-12H3. The minimum atomic E-state index is -0.182. The fraction of sp³-hybridized carbons (Fsp3) is 0.242. The highest BCUT2D eigenvalue weighted by molar-refractivity contribution is 7.00. The molecule has 5 nitrogen and oxygen atoms in total. The van der Waals surface area contributed by atoms with E-state index >= 15 is 0 Å². The maximum atomic E-state index is 7.00. The Morgan fingerprint density at radius 3 is 1.56 bits per heavy atom. The third-order valence-corrected chi connectivity index (χ3v) is 15.8. The molecular formula is C66H62BN3O2. The van der Waals surface area contributed by atoms with Crippen LogP contribution in [0, 0.1) is 0 Å². The van der Waals surface area contributed by atoms with E-state index in [2.05, 4.69) is 255 Å². The molecule has 0 radical (unpaired) electrons. The summed E-state index contributed by atoms with van der Waals surface area (Å²) in [6.45, 7) is 27.7. The van der Waals surface area contributed by atoms with E-state index in [4.69, 9.17) is 8.83 Å². The summed E-state index contributed by atoms with van der Waals surface area (Å²) in [5.41, 5.74) is 22.6. The Balaban J connectivity index is 1.17.